The molecule has 0 saturated carbocycles. The average molecular weight is 345 g/mol. The van der Waals surface area contributed by atoms with Gasteiger partial charge in [0.2, 0.25) is 0 Å². The second-order valence-electron chi connectivity index (χ2n) is 5.23. The van der Waals surface area contributed by atoms with E-state index in [1.165, 1.54) is 6.07 Å². The number of carbonyl (C=O) groups is 1. The van der Waals surface area contributed by atoms with E-state index in [9.17, 15) is 9.59 Å². The lowest BCUT2D eigenvalue weighted by Crippen LogP contribution is -2.16. The van der Waals surface area contributed by atoms with Crippen molar-refractivity contribution in [3.8, 4) is 5.75 Å². The van der Waals surface area contributed by atoms with Gasteiger partial charge in [-0.1, -0.05) is 11.6 Å². The number of ether oxygens (including phenoxy) is 1. The quantitative estimate of drug-likeness (QED) is 0.736. The number of fused-ring (bicyclic) bond motifs is 1. The van der Waals surface area contributed by atoms with Gasteiger partial charge in [0.25, 0.3) is 0 Å². The van der Waals surface area contributed by atoms with Gasteiger partial charge in [-0.3, -0.25) is 4.98 Å². The van der Waals surface area contributed by atoms with E-state index in [1.54, 1.807) is 18.5 Å². The maximum atomic E-state index is 12.3. The highest BCUT2D eigenvalue weighted by atomic mass is 35.5. The number of halogens is 1. The Bertz CT molecular complexity index is 983. The molecule has 0 saturated heterocycles. The SMILES string of the molecule is Cc1c(Cc2ccncc2)c(=O)oc2cc(OC(N)=O)c(Cl)cc12. The molecule has 2 N–H and O–H groups in total. The first-order valence-corrected chi connectivity index (χ1v) is 7.45. The van der Waals surface area contributed by atoms with Crippen molar-refractivity contribution in [2.45, 2.75) is 13.3 Å². The molecule has 7 heteroatoms. The number of amides is 1. The van der Waals surface area contributed by atoms with Crippen molar-refractivity contribution in [2.24, 2.45) is 5.73 Å². The number of pyridine rings is 1. The molecule has 2 heterocycles. The van der Waals surface area contributed by atoms with E-state index in [-0.39, 0.29) is 16.4 Å². The number of aromatic nitrogens is 1. The third-order valence-electron chi connectivity index (χ3n) is 3.68. The van der Waals surface area contributed by atoms with Crippen molar-refractivity contribution in [3.63, 3.8) is 0 Å². The zero-order chi connectivity index (χ0) is 17.3. The molecule has 0 aliphatic rings. The third kappa shape index (κ3) is 3.09. The molecule has 0 radical (unpaired) electrons. The lowest BCUT2D eigenvalue weighted by atomic mass is 10.0. The molecule has 0 aliphatic heterocycles. The number of nitrogens with two attached hydrogens (primary N) is 1. The van der Waals surface area contributed by atoms with Gasteiger partial charge in [-0.15, -0.1) is 0 Å². The summed E-state index contributed by atoms with van der Waals surface area (Å²) in [7, 11) is 0. The van der Waals surface area contributed by atoms with Crippen LogP contribution in [0.2, 0.25) is 5.02 Å². The van der Waals surface area contributed by atoms with Crippen LogP contribution in [0.1, 0.15) is 16.7 Å². The van der Waals surface area contributed by atoms with E-state index in [4.69, 9.17) is 26.5 Å². The summed E-state index contributed by atoms with van der Waals surface area (Å²) < 4.78 is 10.2. The Kier molecular flexibility index (Phi) is 4.22. The van der Waals surface area contributed by atoms with Gasteiger partial charge in [-0.2, -0.15) is 0 Å². The van der Waals surface area contributed by atoms with Gasteiger partial charge in [0.1, 0.15) is 5.58 Å². The topological polar surface area (TPSA) is 95.4 Å². The highest BCUT2D eigenvalue weighted by Gasteiger charge is 2.15. The zero-order valence-electron chi connectivity index (χ0n) is 12.7. The Morgan fingerprint density at radius 3 is 2.71 bits per heavy atom. The summed E-state index contributed by atoms with van der Waals surface area (Å²) in [5.74, 6) is 0.0427. The van der Waals surface area contributed by atoms with Crippen LogP contribution in [-0.4, -0.2) is 11.1 Å². The molecule has 0 fully saturated rings. The molecular formula is C17H13ClN2O4. The van der Waals surface area contributed by atoms with E-state index in [0.29, 0.717) is 17.4 Å². The molecule has 1 aromatic carbocycles. The normalized spacial score (nSPS) is 10.8. The lowest BCUT2D eigenvalue weighted by molar-refractivity contribution is 0.211. The number of benzene rings is 1. The number of nitrogens with zero attached hydrogens (tertiary/aromatic N) is 1. The molecule has 6 nitrogen and oxygen atoms in total. The van der Waals surface area contributed by atoms with Gasteiger partial charge >= 0.3 is 11.7 Å². The van der Waals surface area contributed by atoms with Crippen molar-refractivity contribution in [2.75, 3.05) is 0 Å². The van der Waals surface area contributed by atoms with E-state index in [1.807, 2.05) is 19.1 Å². The molecule has 0 aliphatic carbocycles. The van der Waals surface area contributed by atoms with Crippen molar-refractivity contribution in [1.82, 2.24) is 4.98 Å². The number of rotatable bonds is 3. The van der Waals surface area contributed by atoms with Gasteiger partial charge in [0, 0.05) is 35.8 Å². The fourth-order valence-electron chi connectivity index (χ4n) is 2.49. The van der Waals surface area contributed by atoms with Crippen LogP contribution in [-0.2, 0) is 6.42 Å². The minimum absolute atomic E-state index is 0.0427. The minimum atomic E-state index is -0.996. The monoisotopic (exact) mass is 344 g/mol. The molecule has 0 unspecified atom stereocenters. The molecule has 24 heavy (non-hydrogen) atoms. The molecule has 3 aromatic rings. The Balaban J connectivity index is 2.13. The summed E-state index contributed by atoms with van der Waals surface area (Å²) >= 11 is 6.11. The Morgan fingerprint density at radius 2 is 2.04 bits per heavy atom. The fraction of sp³-hybridized carbons (Fsp3) is 0.118. The molecule has 0 spiro atoms. The van der Waals surface area contributed by atoms with Crippen LogP contribution in [0.4, 0.5) is 4.79 Å². The standard InChI is InChI=1S/C17H13ClN2O4/c1-9-11-7-13(18)15(24-17(19)22)8-14(11)23-16(21)12(9)6-10-2-4-20-5-3-10/h2-5,7-8H,6H2,1H3,(H2,19,22). The lowest BCUT2D eigenvalue weighted by Gasteiger charge is -2.10. The smallest absolute Gasteiger partial charge is 0.410 e. The third-order valence-corrected chi connectivity index (χ3v) is 3.98. The van der Waals surface area contributed by atoms with E-state index < -0.39 is 11.7 Å². The maximum Gasteiger partial charge on any atom is 0.410 e. The van der Waals surface area contributed by atoms with Crippen LogP contribution in [0.3, 0.4) is 0 Å². The average Bonchev–Trinajstić information content (AvgIpc) is 2.54. The predicted octanol–water partition coefficient (Wildman–Crippen LogP) is 3.20. The van der Waals surface area contributed by atoms with E-state index in [2.05, 4.69) is 4.98 Å². The minimum Gasteiger partial charge on any atom is -0.422 e. The van der Waals surface area contributed by atoms with Crippen LogP contribution >= 0.6 is 11.6 Å². The van der Waals surface area contributed by atoms with Crippen LogP contribution in [0, 0.1) is 6.92 Å². The molecule has 0 atom stereocenters. The van der Waals surface area contributed by atoms with Crippen LogP contribution in [0.5, 0.6) is 5.75 Å². The van der Waals surface area contributed by atoms with E-state index in [0.717, 1.165) is 11.1 Å². The summed E-state index contributed by atoms with van der Waals surface area (Å²) in [6, 6.07) is 6.64. The second-order valence-corrected chi connectivity index (χ2v) is 5.63. The number of hydrogen-bond acceptors (Lipinski definition) is 5. The largest absolute Gasteiger partial charge is 0.422 e. The van der Waals surface area contributed by atoms with Crippen LogP contribution < -0.4 is 16.1 Å². The summed E-state index contributed by atoms with van der Waals surface area (Å²) in [5, 5.41) is 0.869. The van der Waals surface area contributed by atoms with Crippen LogP contribution in [0.25, 0.3) is 11.0 Å². The Morgan fingerprint density at radius 1 is 1.33 bits per heavy atom. The van der Waals surface area contributed by atoms with E-state index >= 15 is 0 Å². The van der Waals surface area contributed by atoms with Crippen molar-refractivity contribution in [1.29, 1.82) is 0 Å². The fourth-order valence-corrected chi connectivity index (χ4v) is 2.69. The highest BCUT2D eigenvalue weighted by Crippen LogP contribution is 2.32. The molecule has 1 amide bonds. The van der Waals surface area contributed by atoms with Crippen molar-refractivity contribution >= 4 is 28.7 Å². The zero-order valence-corrected chi connectivity index (χ0v) is 13.5. The first-order valence-electron chi connectivity index (χ1n) is 7.07. The first-order chi connectivity index (χ1) is 11.5. The second kappa shape index (κ2) is 6.33. The van der Waals surface area contributed by atoms with Crippen molar-refractivity contribution in [3.05, 3.63) is 68.8 Å². The molecule has 122 valence electrons. The number of primary amides is 1. The molecular weight excluding hydrogens is 332 g/mol. The number of aryl methyl sites for hydroxylation is 1. The number of carbonyl (C=O) groups excluding carboxylic acids is 1. The van der Waals surface area contributed by atoms with Gasteiger partial charge < -0.3 is 14.9 Å². The van der Waals surface area contributed by atoms with Gasteiger partial charge in [-0.25, -0.2) is 9.59 Å². The Labute approximate surface area is 141 Å². The maximum absolute atomic E-state index is 12.3. The summed E-state index contributed by atoms with van der Waals surface area (Å²) in [4.78, 5) is 27.2. The van der Waals surface area contributed by atoms with Gasteiger partial charge in [-0.05, 0) is 36.2 Å². The Hall–Kier alpha value is -2.86. The predicted molar refractivity (Wildman–Crippen MR) is 89.5 cm³/mol. The molecule has 3 rings (SSSR count). The first kappa shape index (κ1) is 16.0. The summed E-state index contributed by atoms with van der Waals surface area (Å²) in [5.41, 5.74) is 7.04. The van der Waals surface area contributed by atoms with Gasteiger partial charge in [0.05, 0.1) is 5.02 Å². The summed E-state index contributed by atoms with van der Waals surface area (Å²) in [6.45, 7) is 1.82. The number of hydrogen-bond donors (Lipinski definition) is 1. The highest BCUT2D eigenvalue weighted by molar-refractivity contribution is 6.33. The van der Waals surface area contributed by atoms with Crippen LogP contribution in [0.15, 0.2) is 45.9 Å². The van der Waals surface area contributed by atoms with Crippen molar-refractivity contribution < 1.29 is 13.9 Å². The summed E-state index contributed by atoms with van der Waals surface area (Å²) in [6.07, 6.45) is 2.75. The molecule has 0 bridgehead atoms. The van der Waals surface area contributed by atoms with Gasteiger partial charge in [0.15, 0.2) is 5.75 Å². The molecule has 2 aromatic heterocycles.